The Labute approximate surface area is 119 Å². The fourth-order valence-electron chi connectivity index (χ4n) is 2.28. The summed E-state index contributed by atoms with van der Waals surface area (Å²) in [5, 5.41) is 0. The van der Waals surface area contributed by atoms with Gasteiger partial charge < -0.3 is 5.73 Å². The van der Waals surface area contributed by atoms with Crippen molar-refractivity contribution in [3.05, 3.63) is 16.5 Å². The molecule has 0 aromatic carbocycles. The summed E-state index contributed by atoms with van der Waals surface area (Å²) in [6, 6.07) is 1.75. The van der Waals surface area contributed by atoms with E-state index in [9.17, 15) is 8.42 Å². The van der Waals surface area contributed by atoms with E-state index in [4.69, 9.17) is 5.73 Å². The maximum absolute atomic E-state index is 12.6. The fraction of sp³-hybridized carbons (Fsp3) is 0.692. The van der Waals surface area contributed by atoms with Crippen LogP contribution in [0, 0.1) is 12.3 Å². The summed E-state index contributed by atoms with van der Waals surface area (Å²) in [6.45, 7) is 7.93. The van der Waals surface area contributed by atoms with Crippen molar-refractivity contribution in [1.82, 2.24) is 4.31 Å². The van der Waals surface area contributed by atoms with Crippen molar-refractivity contribution in [2.75, 3.05) is 13.1 Å². The molecule has 1 aromatic heterocycles. The molecule has 1 aliphatic heterocycles. The Bertz CT molecular complexity index is 551. The molecule has 0 spiro atoms. The van der Waals surface area contributed by atoms with Crippen LogP contribution < -0.4 is 5.73 Å². The number of sulfonamides is 1. The predicted molar refractivity (Wildman–Crippen MR) is 78.7 cm³/mol. The average molecular weight is 302 g/mol. The second-order valence-electron chi connectivity index (χ2n) is 5.94. The van der Waals surface area contributed by atoms with Crippen molar-refractivity contribution in [2.45, 2.75) is 44.4 Å². The molecule has 2 N–H and O–H groups in total. The van der Waals surface area contributed by atoms with Crippen molar-refractivity contribution in [3.8, 4) is 0 Å². The lowest BCUT2D eigenvalue weighted by atomic mass is 9.83. The molecule has 0 saturated carbocycles. The molecule has 1 aliphatic rings. The molecule has 2 rings (SSSR count). The van der Waals surface area contributed by atoms with Crippen LogP contribution in [0.5, 0.6) is 0 Å². The second-order valence-corrected chi connectivity index (χ2v) is 9.25. The molecule has 6 heteroatoms. The van der Waals surface area contributed by atoms with E-state index in [1.54, 1.807) is 10.4 Å². The van der Waals surface area contributed by atoms with Crippen molar-refractivity contribution in [1.29, 1.82) is 0 Å². The fourth-order valence-corrected chi connectivity index (χ4v) is 5.34. The Morgan fingerprint density at radius 2 is 1.95 bits per heavy atom. The number of hydrogen-bond donors (Lipinski definition) is 1. The third-order valence-electron chi connectivity index (χ3n) is 3.85. The highest BCUT2D eigenvalue weighted by Gasteiger charge is 2.33. The highest BCUT2D eigenvalue weighted by atomic mass is 32.2. The quantitative estimate of drug-likeness (QED) is 0.932. The van der Waals surface area contributed by atoms with Crippen LogP contribution in [0.15, 0.2) is 10.3 Å². The molecule has 1 aromatic rings. The molecule has 0 unspecified atom stereocenters. The third-order valence-corrected chi connectivity index (χ3v) is 7.46. The maximum Gasteiger partial charge on any atom is 0.252 e. The summed E-state index contributed by atoms with van der Waals surface area (Å²) < 4.78 is 27.2. The standard InChI is InChI=1S/C13H22N2O2S2/c1-10-8-12(18-11(10)9-14)19(16,17)15-6-4-13(2,3)5-7-15/h8H,4-7,9,14H2,1-3H3. The highest BCUT2D eigenvalue weighted by molar-refractivity contribution is 7.91. The molecule has 0 bridgehead atoms. The zero-order chi connectivity index (χ0) is 14.3. The third kappa shape index (κ3) is 3.02. The zero-order valence-electron chi connectivity index (χ0n) is 11.8. The molecular formula is C13H22N2O2S2. The van der Waals surface area contributed by atoms with Crippen LogP contribution >= 0.6 is 11.3 Å². The van der Waals surface area contributed by atoms with Crippen LogP contribution in [0.25, 0.3) is 0 Å². The van der Waals surface area contributed by atoms with Crippen LogP contribution in [0.1, 0.15) is 37.1 Å². The SMILES string of the molecule is Cc1cc(S(=O)(=O)N2CCC(C)(C)CC2)sc1CN. The van der Waals surface area contributed by atoms with Gasteiger partial charge in [-0.25, -0.2) is 8.42 Å². The van der Waals surface area contributed by atoms with E-state index in [1.165, 1.54) is 11.3 Å². The van der Waals surface area contributed by atoms with Crippen LogP contribution in [0.3, 0.4) is 0 Å². The number of nitrogens with zero attached hydrogens (tertiary/aromatic N) is 1. The molecule has 2 heterocycles. The molecule has 0 atom stereocenters. The van der Waals surface area contributed by atoms with Gasteiger partial charge in [0.2, 0.25) is 0 Å². The maximum atomic E-state index is 12.6. The van der Waals surface area contributed by atoms with E-state index < -0.39 is 10.0 Å². The second kappa shape index (κ2) is 5.16. The lowest BCUT2D eigenvalue weighted by Gasteiger charge is -2.35. The van der Waals surface area contributed by atoms with Gasteiger partial charge in [0.15, 0.2) is 0 Å². The normalized spacial score (nSPS) is 20.6. The summed E-state index contributed by atoms with van der Waals surface area (Å²) >= 11 is 1.31. The minimum absolute atomic E-state index is 0.250. The molecule has 1 saturated heterocycles. The number of thiophene rings is 1. The first-order chi connectivity index (χ1) is 8.76. The van der Waals surface area contributed by atoms with Crippen LogP contribution in [0.4, 0.5) is 0 Å². The van der Waals surface area contributed by atoms with Crippen LogP contribution in [-0.2, 0) is 16.6 Å². The van der Waals surface area contributed by atoms with Gasteiger partial charge in [0.1, 0.15) is 4.21 Å². The van der Waals surface area contributed by atoms with E-state index in [0.717, 1.165) is 23.3 Å². The first-order valence-corrected chi connectivity index (χ1v) is 8.81. The molecule has 4 nitrogen and oxygen atoms in total. The predicted octanol–water partition coefficient (Wildman–Crippen LogP) is 2.33. The van der Waals surface area contributed by atoms with Gasteiger partial charge >= 0.3 is 0 Å². The summed E-state index contributed by atoms with van der Waals surface area (Å²) in [7, 11) is -3.33. The van der Waals surface area contributed by atoms with E-state index >= 15 is 0 Å². The molecule has 0 amide bonds. The van der Waals surface area contributed by atoms with Crippen molar-refractivity contribution >= 4 is 21.4 Å². The van der Waals surface area contributed by atoms with Crippen LogP contribution in [0.2, 0.25) is 0 Å². The molecule has 0 radical (unpaired) electrons. The lowest BCUT2D eigenvalue weighted by molar-refractivity contribution is 0.196. The molecule has 108 valence electrons. The van der Waals surface area contributed by atoms with E-state index in [-0.39, 0.29) is 5.41 Å². The van der Waals surface area contributed by atoms with Gasteiger partial charge in [-0.3, -0.25) is 0 Å². The summed E-state index contributed by atoms with van der Waals surface area (Å²) in [5.74, 6) is 0. The minimum Gasteiger partial charge on any atom is -0.326 e. The van der Waals surface area contributed by atoms with E-state index in [0.29, 0.717) is 23.8 Å². The van der Waals surface area contributed by atoms with Crippen LogP contribution in [-0.4, -0.2) is 25.8 Å². The summed E-state index contributed by atoms with van der Waals surface area (Å²) in [4.78, 5) is 0.955. The van der Waals surface area contributed by atoms with Gasteiger partial charge in [0.25, 0.3) is 10.0 Å². The Balaban J connectivity index is 2.23. The number of aryl methyl sites for hydroxylation is 1. The molecule has 19 heavy (non-hydrogen) atoms. The summed E-state index contributed by atoms with van der Waals surface area (Å²) in [6.07, 6.45) is 1.83. The average Bonchev–Trinajstić information content (AvgIpc) is 2.70. The number of piperidine rings is 1. The summed E-state index contributed by atoms with van der Waals surface area (Å²) in [5.41, 5.74) is 6.85. The van der Waals surface area contributed by atoms with Crippen molar-refractivity contribution in [2.24, 2.45) is 11.1 Å². The topological polar surface area (TPSA) is 63.4 Å². The van der Waals surface area contributed by atoms with Gasteiger partial charge in [-0.05, 0) is 36.8 Å². The highest BCUT2D eigenvalue weighted by Crippen LogP contribution is 2.34. The Morgan fingerprint density at radius 1 is 1.37 bits per heavy atom. The van der Waals surface area contributed by atoms with Gasteiger partial charge in [0.05, 0.1) is 0 Å². The van der Waals surface area contributed by atoms with Crippen molar-refractivity contribution in [3.63, 3.8) is 0 Å². The smallest absolute Gasteiger partial charge is 0.252 e. The number of hydrogen-bond acceptors (Lipinski definition) is 4. The molecular weight excluding hydrogens is 280 g/mol. The number of nitrogens with two attached hydrogens (primary N) is 1. The van der Waals surface area contributed by atoms with Gasteiger partial charge in [-0.15, -0.1) is 11.3 Å². The number of rotatable bonds is 3. The molecule has 0 aliphatic carbocycles. The lowest BCUT2D eigenvalue weighted by Crippen LogP contribution is -2.40. The first kappa shape index (κ1) is 15.0. The Kier molecular flexibility index (Phi) is 4.07. The Hall–Kier alpha value is -0.430. The monoisotopic (exact) mass is 302 g/mol. The molecule has 1 fully saturated rings. The van der Waals surface area contributed by atoms with E-state index in [1.807, 2.05) is 6.92 Å². The Morgan fingerprint density at radius 3 is 2.42 bits per heavy atom. The largest absolute Gasteiger partial charge is 0.326 e. The van der Waals surface area contributed by atoms with Gasteiger partial charge in [-0.1, -0.05) is 13.8 Å². The first-order valence-electron chi connectivity index (χ1n) is 6.56. The minimum atomic E-state index is -3.33. The zero-order valence-corrected chi connectivity index (χ0v) is 13.4. The van der Waals surface area contributed by atoms with Gasteiger partial charge in [-0.2, -0.15) is 4.31 Å². The van der Waals surface area contributed by atoms with E-state index in [2.05, 4.69) is 13.8 Å². The van der Waals surface area contributed by atoms with Gasteiger partial charge in [0, 0.05) is 24.5 Å². The van der Waals surface area contributed by atoms with Crippen molar-refractivity contribution < 1.29 is 8.42 Å².